The summed E-state index contributed by atoms with van der Waals surface area (Å²) in [5.41, 5.74) is -1.45. The lowest BCUT2D eigenvalue weighted by atomic mass is 9.98. The number of carbonyl (C=O) groups is 5. The van der Waals surface area contributed by atoms with Crippen molar-refractivity contribution in [3.8, 4) is 0 Å². The van der Waals surface area contributed by atoms with Crippen molar-refractivity contribution in [2.24, 2.45) is 0 Å². The molecule has 154 valence electrons. The lowest BCUT2D eigenvalue weighted by Crippen LogP contribution is -2.39. The van der Waals surface area contributed by atoms with Gasteiger partial charge in [-0.1, -0.05) is 13.2 Å². The SMILES string of the molecule is C=C(C)C(=O)CC(OC(=O)c1ccc(C(=O)O)c(C(=O)O)c1)C(O)C(=O)C(=C)C. The number of carbonyl (C=O) groups excluding carboxylic acids is 3. The summed E-state index contributed by atoms with van der Waals surface area (Å²) < 4.78 is 5.07. The maximum Gasteiger partial charge on any atom is 0.338 e. The van der Waals surface area contributed by atoms with Gasteiger partial charge in [-0.3, -0.25) is 9.59 Å². The average Bonchev–Trinajstić information content (AvgIpc) is 2.64. The quantitative estimate of drug-likeness (QED) is 0.390. The van der Waals surface area contributed by atoms with Gasteiger partial charge < -0.3 is 20.1 Å². The lowest BCUT2D eigenvalue weighted by Gasteiger charge is -2.22. The number of hydrogen-bond acceptors (Lipinski definition) is 7. The van der Waals surface area contributed by atoms with Crippen molar-refractivity contribution < 1.29 is 44.0 Å². The number of allylic oxidation sites excluding steroid dienone is 1. The van der Waals surface area contributed by atoms with Gasteiger partial charge in [0.1, 0.15) is 6.10 Å². The summed E-state index contributed by atoms with van der Waals surface area (Å²) in [6.45, 7) is 9.57. The third-order valence-corrected chi connectivity index (χ3v) is 3.88. The number of ketones is 2. The number of hydrogen-bond donors (Lipinski definition) is 3. The molecular formula is C20H20O9. The summed E-state index contributed by atoms with van der Waals surface area (Å²) in [5, 5.41) is 28.4. The molecule has 3 N–H and O–H groups in total. The summed E-state index contributed by atoms with van der Waals surface area (Å²) in [7, 11) is 0. The second-order valence-corrected chi connectivity index (χ2v) is 6.31. The molecule has 0 spiro atoms. The normalized spacial score (nSPS) is 12.4. The van der Waals surface area contributed by atoms with E-state index < -0.39 is 59.2 Å². The fraction of sp³-hybridized carbons (Fsp3) is 0.250. The Morgan fingerprint density at radius 3 is 1.97 bits per heavy atom. The molecule has 0 fully saturated rings. The van der Waals surface area contributed by atoms with Gasteiger partial charge in [0, 0.05) is 0 Å². The minimum atomic E-state index is -1.88. The first-order chi connectivity index (χ1) is 13.4. The van der Waals surface area contributed by atoms with Crippen LogP contribution < -0.4 is 0 Å². The molecule has 0 aliphatic rings. The van der Waals surface area contributed by atoms with E-state index >= 15 is 0 Å². The Bertz CT molecular complexity index is 911. The van der Waals surface area contributed by atoms with Gasteiger partial charge in [0.25, 0.3) is 0 Å². The third-order valence-electron chi connectivity index (χ3n) is 3.88. The van der Waals surface area contributed by atoms with Crippen LogP contribution in [-0.4, -0.2) is 57.0 Å². The van der Waals surface area contributed by atoms with E-state index in [0.29, 0.717) is 0 Å². The van der Waals surface area contributed by atoms with Crippen LogP contribution >= 0.6 is 0 Å². The van der Waals surface area contributed by atoms with Crippen molar-refractivity contribution in [3.63, 3.8) is 0 Å². The molecule has 0 saturated carbocycles. The van der Waals surface area contributed by atoms with Crippen molar-refractivity contribution in [2.45, 2.75) is 32.5 Å². The predicted molar refractivity (Wildman–Crippen MR) is 99.8 cm³/mol. The zero-order chi connectivity index (χ0) is 22.5. The second-order valence-electron chi connectivity index (χ2n) is 6.31. The molecule has 0 saturated heterocycles. The van der Waals surface area contributed by atoms with Gasteiger partial charge >= 0.3 is 17.9 Å². The Morgan fingerprint density at radius 2 is 1.52 bits per heavy atom. The minimum Gasteiger partial charge on any atom is -0.478 e. The molecule has 29 heavy (non-hydrogen) atoms. The summed E-state index contributed by atoms with van der Waals surface area (Å²) in [4.78, 5) is 58.7. The Morgan fingerprint density at radius 1 is 0.966 bits per heavy atom. The number of carboxylic acid groups (broad SMARTS) is 2. The lowest BCUT2D eigenvalue weighted by molar-refractivity contribution is -0.131. The van der Waals surface area contributed by atoms with Gasteiger partial charge in [0.2, 0.25) is 0 Å². The van der Waals surface area contributed by atoms with Crippen LogP contribution in [0.25, 0.3) is 0 Å². The number of benzene rings is 1. The fourth-order valence-electron chi connectivity index (χ4n) is 2.24. The largest absolute Gasteiger partial charge is 0.478 e. The number of esters is 1. The maximum absolute atomic E-state index is 12.4. The van der Waals surface area contributed by atoms with Crippen LogP contribution in [0.1, 0.15) is 51.3 Å². The molecule has 0 amide bonds. The van der Waals surface area contributed by atoms with Gasteiger partial charge in [0.05, 0.1) is 23.1 Å². The van der Waals surface area contributed by atoms with E-state index in [9.17, 15) is 29.1 Å². The minimum absolute atomic E-state index is 0.0275. The number of ether oxygens (including phenoxy) is 1. The van der Waals surface area contributed by atoms with Gasteiger partial charge in [-0.25, -0.2) is 14.4 Å². The second kappa shape index (κ2) is 9.56. The number of aromatic carboxylic acids is 2. The molecule has 0 aromatic heterocycles. The van der Waals surface area contributed by atoms with E-state index in [1.807, 2.05) is 0 Å². The summed E-state index contributed by atoms with van der Waals surface area (Å²) in [6, 6.07) is 2.72. The molecule has 9 nitrogen and oxygen atoms in total. The number of carboxylic acids is 2. The Balaban J connectivity index is 3.24. The third kappa shape index (κ3) is 5.94. The van der Waals surface area contributed by atoms with Crippen LogP contribution in [0.15, 0.2) is 42.5 Å². The van der Waals surface area contributed by atoms with Crippen LogP contribution in [0.4, 0.5) is 0 Å². The van der Waals surface area contributed by atoms with Crippen LogP contribution in [-0.2, 0) is 14.3 Å². The van der Waals surface area contributed by atoms with Gasteiger partial charge in [-0.2, -0.15) is 0 Å². The molecule has 2 atom stereocenters. The molecule has 0 bridgehead atoms. The van der Waals surface area contributed by atoms with E-state index in [2.05, 4.69) is 13.2 Å². The number of Topliss-reactive ketones (excluding diaryl/α,β-unsaturated/α-hetero) is 2. The molecule has 0 radical (unpaired) electrons. The number of rotatable bonds is 10. The summed E-state index contributed by atoms with van der Waals surface area (Å²) in [5.74, 6) is -5.65. The van der Waals surface area contributed by atoms with Crippen molar-refractivity contribution in [3.05, 3.63) is 59.2 Å². The zero-order valence-electron chi connectivity index (χ0n) is 15.8. The van der Waals surface area contributed by atoms with E-state index in [0.717, 1.165) is 18.2 Å². The molecular weight excluding hydrogens is 384 g/mol. The van der Waals surface area contributed by atoms with Crippen molar-refractivity contribution in [1.82, 2.24) is 0 Å². The first kappa shape index (κ1) is 23.4. The highest BCUT2D eigenvalue weighted by Crippen LogP contribution is 2.18. The van der Waals surface area contributed by atoms with Gasteiger partial charge in [0.15, 0.2) is 17.7 Å². The molecule has 0 aliphatic heterocycles. The summed E-state index contributed by atoms with van der Waals surface area (Å²) in [6.07, 6.45) is -4.00. The number of aliphatic hydroxyl groups excluding tert-OH is 1. The van der Waals surface area contributed by atoms with Gasteiger partial charge in [-0.15, -0.1) is 0 Å². The Labute approximate surface area is 165 Å². The van der Waals surface area contributed by atoms with Crippen molar-refractivity contribution in [2.75, 3.05) is 0 Å². The first-order valence-corrected chi connectivity index (χ1v) is 8.24. The molecule has 1 aromatic rings. The fourth-order valence-corrected chi connectivity index (χ4v) is 2.24. The zero-order valence-corrected chi connectivity index (χ0v) is 15.8. The first-order valence-electron chi connectivity index (χ1n) is 8.24. The molecule has 1 aromatic carbocycles. The number of aliphatic hydroxyl groups is 1. The predicted octanol–water partition coefficient (Wildman–Crippen LogP) is 1.65. The highest BCUT2D eigenvalue weighted by Gasteiger charge is 2.32. The molecule has 9 heteroatoms. The van der Waals surface area contributed by atoms with Crippen molar-refractivity contribution in [1.29, 1.82) is 0 Å². The standard InChI is InChI=1S/C20H20O9/c1-9(2)14(21)8-15(17(23)16(22)10(3)4)29-20(28)11-5-6-12(18(24)25)13(7-11)19(26)27/h5-7,15,17,23H,1,3,8H2,2,4H3,(H,24,25)(H,26,27). The molecule has 2 unspecified atom stereocenters. The topological polar surface area (TPSA) is 155 Å². The van der Waals surface area contributed by atoms with Crippen molar-refractivity contribution >= 4 is 29.5 Å². The Kier molecular flexibility index (Phi) is 7.73. The highest BCUT2D eigenvalue weighted by atomic mass is 16.6. The van der Waals surface area contributed by atoms with Crippen LogP contribution in [0, 0.1) is 0 Å². The van der Waals surface area contributed by atoms with Crippen LogP contribution in [0.2, 0.25) is 0 Å². The average molecular weight is 404 g/mol. The summed E-state index contributed by atoms with van der Waals surface area (Å²) >= 11 is 0. The van der Waals surface area contributed by atoms with Crippen LogP contribution in [0.5, 0.6) is 0 Å². The molecule has 0 heterocycles. The molecule has 1 rings (SSSR count). The molecule has 0 aliphatic carbocycles. The Hall–Kier alpha value is -3.59. The van der Waals surface area contributed by atoms with Crippen LogP contribution in [0.3, 0.4) is 0 Å². The monoisotopic (exact) mass is 404 g/mol. The van der Waals surface area contributed by atoms with Gasteiger partial charge in [-0.05, 0) is 43.2 Å². The van der Waals surface area contributed by atoms with E-state index in [1.54, 1.807) is 0 Å². The maximum atomic E-state index is 12.4. The van der Waals surface area contributed by atoms with E-state index in [1.165, 1.54) is 13.8 Å². The highest BCUT2D eigenvalue weighted by molar-refractivity contribution is 6.04. The van der Waals surface area contributed by atoms with E-state index in [-0.39, 0.29) is 16.7 Å². The van der Waals surface area contributed by atoms with E-state index in [4.69, 9.17) is 14.9 Å². The smallest absolute Gasteiger partial charge is 0.338 e.